The summed E-state index contributed by atoms with van der Waals surface area (Å²) in [5, 5.41) is 7.07. The van der Waals surface area contributed by atoms with Crippen molar-refractivity contribution in [1.82, 2.24) is 15.5 Å². The number of nitrogens with two attached hydrogens (primary N) is 1. The molecule has 3 rings (SSSR count). The van der Waals surface area contributed by atoms with Gasteiger partial charge in [-0.3, -0.25) is 4.79 Å². The van der Waals surface area contributed by atoms with E-state index >= 15 is 0 Å². The minimum atomic E-state index is -0.235. The van der Waals surface area contributed by atoms with Gasteiger partial charge in [0.05, 0.1) is 5.54 Å². The van der Waals surface area contributed by atoms with Crippen LogP contribution in [0.2, 0.25) is 0 Å². The van der Waals surface area contributed by atoms with Crippen LogP contribution in [0.25, 0.3) is 0 Å². The molecule has 124 valence electrons. The fourth-order valence-corrected chi connectivity index (χ4v) is 2.70. The number of aromatic nitrogens is 2. The predicted molar refractivity (Wildman–Crippen MR) is 84.8 cm³/mol. The number of hydrogen-bond donors (Lipinski definition) is 2. The van der Waals surface area contributed by atoms with E-state index in [0.717, 1.165) is 12.2 Å². The summed E-state index contributed by atoms with van der Waals surface area (Å²) in [6, 6.07) is 0. The summed E-state index contributed by atoms with van der Waals surface area (Å²) < 4.78 is 5.21. The lowest BCUT2D eigenvalue weighted by Gasteiger charge is -2.29. The number of nitrogens with one attached hydrogen (secondary N) is 1. The molecule has 2 aliphatic carbocycles. The lowest BCUT2D eigenvalue weighted by atomic mass is 9.95. The summed E-state index contributed by atoms with van der Waals surface area (Å²) in [6.07, 6.45) is 6.53. The van der Waals surface area contributed by atoms with Crippen molar-refractivity contribution < 1.29 is 9.32 Å². The quantitative estimate of drug-likeness (QED) is 0.760. The smallest absolute Gasteiger partial charge is 0.226 e. The van der Waals surface area contributed by atoms with Gasteiger partial charge >= 0.3 is 0 Å². The molecule has 7 heteroatoms. The molecule has 6 nitrogen and oxygen atoms in total. The van der Waals surface area contributed by atoms with Gasteiger partial charge in [-0.1, -0.05) is 5.16 Å². The molecule has 1 aromatic rings. The lowest BCUT2D eigenvalue weighted by molar-refractivity contribution is -0.123. The van der Waals surface area contributed by atoms with Crippen LogP contribution >= 0.6 is 12.4 Å². The van der Waals surface area contributed by atoms with Crippen molar-refractivity contribution in [2.75, 3.05) is 6.54 Å². The molecule has 0 saturated heterocycles. The van der Waals surface area contributed by atoms with Crippen molar-refractivity contribution >= 4 is 18.3 Å². The van der Waals surface area contributed by atoms with Crippen molar-refractivity contribution in [3.63, 3.8) is 0 Å². The standard InChI is InChI=1S/C15H24N4O2.ClH/c1-15(9-16,11-7-8-11)18-12(20)3-2-4-13-17-14(19-21-13)10-5-6-10;/h10-11H,2-9,16H2,1H3,(H,18,20);1H. The number of rotatable bonds is 8. The molecular formula is C15H25ClN4O2. The van der Waals surface area contributed by atoms with Crippen molar-refractivity contribution in [3.05, 3.63) is 11.7 Å². The number of amides is 1. The van der Waals surface area contributed by atoms with Crippen LogP contribution in [0.4, 0.5) is 0 Å². The molecule has 1 unspecified atom stereocenters. The Morgan fingerprint density at radius 3 is 2.73 bits per heavy atom. The maximum atomic E-state index is 12.0. The first-order chi connectivity index (χ1) is 10.1. The van der Waals surface area contributed by atoms with E-state index in [4.69, 9.17) is 10.3 Å². The Bertz CT molecular complexity index is 513. The number of carbonyl (C=O) groups excluding carboxylic acids is 1. The fourth-order valence-electron chi connectivity index (χ4n) is 2.70. The fraction of sp³-hybridized carbons (Fsp3) is 0.800. The Kier molecular flexibility index (Phi) is 5.45. The molecule has 1 amide bonds. The number of hydrogen-bond acceptors (Lipinski definition) is 5. The molecule has 1 aromatic heterocycles. The summed E-state index contributed by atoms with van der Waals surface area (Å²) in [4.78, 5) is 16.4. The summed E-state index contributed by atoms with van der Waals surface area (Å²) >= 11 is 0. The minimum absolute atomic E-state index is 0. The van der Waals surface area contributed by atoms with Gasteiger partial charge in [-0.15, -0.1) is 12.4 Å². The van der Waals surface area contributed by atoms with E-state index < -0.39 is 0 Å². The van der Waals surface area contributed by atoms with Gasteiger partial charge in [-0.25, -0.2) is 0 Å². The Morgan fingerprint density at radius 2 is 2.14 bits per heavy atom. The van der Waals surface area contributed by atoms with Crippen LogP contribution in [0, 0.1) is 5.92 Å². The van der Waals surface area contributed by atoms with Crippen molar-refractivity contribution in [2.45, 2.75) is 63.3 Å². The molecule has 3 N–H and O–H groups in total. The van der Waals surface area contributed by atoms with E-state index in [1.807, 2.05) is 6.92 Å². The second-order valence-electron chi connectivity index (χ2n) is 6.62. The molecule has 2 saturated carbocycles. The van der Waals surface area contributed by atoms with Gasteiger partial charge in [0.25, 0.3) is 0 Å². The maximum absolute atomic E-state index is 12.0. The van der Waals surface area contributed by atoms with Crippen LogP contribution in [0.1, 0.15) is 63.1 Å². The van der Waals surface area contributed by atoms with Gasteiger partial charge in [0.15, 0.2) is 5.82 Å². The highest BCUT2D eigenvalue weighted by Crippen LogP contribution is 2.39. The first kappa shape index (κ1) is 17.2. The summed E-state index contributed by atoms with van der Waals surface area (Å²) in [7, 11) is 0. The number of nitrogens with zero attached hydrogens (tertiary/aromatic N) is 2. The third kappa shape index (κ3) is 4.20. The van der Waals surface area contributed by atoms with E-state index in [2.05, 4.69) is 15.5 Å². The first-order valence-corrected chi connectivity index (χ1v) is 7.94. The molecule has 0 aromatic carbocycles. The highest BCUT2D eigenvalue weighted by atomic mass is 35.5. The molecular weight excluding hydrogens is 304 g/mol. The van der Waals surface area contributed by atoms with Crippen LogP contribution in [0.5, 0.6) is 0 Å². The average molecular weight is 329 g/mol. The number of aryl methyl sites for hydroxylation is 1. The Hall–Kier alpha value is -1.14. The molecule has 0 aliphatic heterocycles. The predicted octanol–water partition coefficient (Wildman–Crippen LogP) is 1.94. The lowest BCUT2D eigenvalue weighted by Crippen LogP contribution is -2.53. The summed E-state index contributed by atoms with van der Waals surface area (Å²) in [5.41, 5.74) is 5.57. The van der Waals surface area contributed by atoms with E-state index in [1.54, 1.807) is 0 Å². The van der Waals surface area contributed by atoms with Crippen LogP contribution < -0.4 is 11.1 Å². The second-order valence-corrected chi connectivity index (χ2v) is 6.62. The Morgan fingerprint density at radius 1 is 1.41 bits per heavy atom. The molecule has 1 atom stereocenters. The summed E-state index contributed by atoms with van der Waals surface area (Å²) in [5.74, 6) is 2.60. The number of halogens is 1. The van der Waals surface area contributed by atoms with Gasteiger partial charge in [-0.2, -0.15) is 4.98 Å². The van der Waals surface area contributed by atoms with Gasteiger partial charge in [0.2, 0.25) is 11.8 Å². The maximum Gasteiger partial charge on any atom is 0.226 e. The highest BCUT2D eigenvalue weighted by Gasteiger charge is 2.41. The number of carbonyl (C=O) groups is 1. The zero-order valence-electron chi connectivity index (χ0n) is 13.0. The van der Waals surface area contributed by atoms with E-state index in [1.165, 1.54) is 25.7 Å². The van der Waals surface area contributed by atoms with Crippen LogP contribution in [-0.4, -0.2) is 28.1 Å². The van der Waals surface area contributed by atoms with Gasteiger partial charge in [0.1, 0.15) is 0 Å². The van der Waals surface area contributed by atoms with Crippen molar-refractivity contribution in [2.24, 2.45) is 11.7 Å². The molecule has 0 spiro atoms. The zero-order valence-corrected chi connectivity index (χ0v) is 13.8. The van der Waals surface area contributed by atoms with Gasteiger partial charge < -0.3 is 15.6 Å². The Labute approximate surface area is 137 Å². The molecule has 0 bridgehead atoms. The first-order valence-electron chi connectivity index (χ1n) is 7.94. The van der Waals surface area contributed by atoms with E-state index in [0.29, 0.717) is 37.1 Å². The monoisotopic (exact) mass is 328 g/mol. The SMILES string of the molecule is CC(CN)(NC(=O)CCCc1nc(C2CC2)no1)C1CC1.Cl. The molecule has 2 fully saturated rings. The van der Waals surface area contributed by atoms with Gasteiger partial charge in [-0.05, 0) is 44.9 Å². The normalized spacial score (nSPS) is 20.1. The highest BCUT2D eigenvalue weighted by molar-refractivity contribution is 5.85. The van der Waals surface area contributed by atoms with Crippen LogP contribution in [0.15, 0.2) is 4.52 Å². The molecule has 2 aliphatic rings. The topological polar surface area (TPSA) is 94.0 Å². The second kappa shape index (κ2) is 6.96. The van der Waals surface area contributed by atoms with Crippen molar-refractivity contribution in [3.8, 4) is 0 Å². The minimum Gasteiger partial charge on any atom is -0.349 e. The van der Waals surface area contributed by atoms with Crippen molar-refractivity contribution in [1.29, 1.82) is 0 Å². The van der Waals surface area contributed by atoms with E-state index in [-0.39, 0.29) is 23.9 Å². The molecule has 1 heterocycles. The molecule has 22 heavy (non-hydrogen) atoms. The molecule has 0 radical (unpaired) electrons. The third-order valence-electron chi connectivity index (χ3n) is 4.55. The Balaban J connectivity index is 0.00000176. The largest absolute Gasteiger partial charge is 0.349 e. The third-order valence-corrected chi connectivity index (χ3v) is 4.55. The average Bonchev–Trinajstić information content (AvgIpc) is 3.37. The van der Waals surface area contributed by atoms with Gasteiger partial charge in [0, 0.05) is 25.3 Å². The zero-order chi connectivity index (χ0) is 14.9. The van der Waals surface area contributed by atoms with Crippen LogP contribution in [-0.2, 0) is 11.2 Å². The van der Waals surface area contributed by atoms with E-state index in [9.17, 15) is 4.79 Å². The van der Waals surface area contributed by atoms with Crippen LogP contribution in [0.3, 0.4) is 0 Å². The summed E-state index contributed by atoms with van der Waals surface area (Å²) in [6.45, 7) is 2.54.